The van der Waals surface area contributed by atoms with Crippen molar-refractivity contribution in [1.29, 1.82) is 10.5 Å². The van der Waals surface area contributed by atoms with Crippen molar-refractivity contribution in [3.8, 4) is 12.1 Å². The van der Waals surface area contributed by atoms with Crippen LogP contribution in [0.5, 0.6) is 0 Å². The molecule has 0 N–H and O–H groups in total. The van der Waals surface area contributed by atoms with Gasteiger partial charge in [0.15, 0.2) is 0 Å². The van der Waals surface area contributed by atoms with Gasteiger partial charge in [0, 0.05) is 26.8 Å². The lowest BCUT2D eigenvalue weighted by Gasteiger charge is -2.39. The molecule has 0 spiro atoms. The number of rotatable bonds is 2. The molecule has 2 aromatic heterocycles. The molecule has 0 fully saturated rings. The number of benzene rings is 2. The minimum absolute atomic E-state index is 0.0720. The Balaban J connectivity index is 1.69. The van der Waals surface area contributed by atoms with Gasteiger partial charge in [0.2, 0.25) is 0 Å². The average molecular weight is 429 g/mol. The summed E-state index contributed by atoms with van der Waals surface area (Å²) in [6, 6.07) is 23.9. The number of nitrogens with zero attached hydrogens (tertiary/aromatic N) is 2. The van der Waals surface area contributed by atoms with Crippen molar-refractivity contribution >= 4 is 55.7 Å². The van der Waals surface area contributed by atoms with E-state index in [1.54, 1.807) is 22.7 Å². The number of thiophene rings is 2. The van der Waals surface area contributed by atoms with Crippen molar-refractivity contribution < 1.29 is 0 Å². The molecule has 0 radical (unpaired) electrons. The molecule has 0 bridgehead atoms. The third-order valence-corrected chi connectivity index (χ3v) is 8.36. The Morgan fingerprint density at radius 3 is 2.19 bits per heavy atom. The molecule has 0 aliphatic heterocycles. The highest BCUT2D eigenvalue weighted by Gasteiger charge is 2.47. The van der Waals surface area contributed by atoms with E-state index in [1.165, 1.54) is 16.3 Å². The number of hydrogen-bond acceptors (Lipinski definition) is 4. The van der Waals surface area contributed by atoms with Gasteiger partial charge in [-0.05, 0) is 61.5 Å². The van der Waals surface area contributed by atoms with E-state index in [1.807, 2.05) is 17.5 Å². The van der Waals surface area contributed by atoms with Crippen LogP contribution in [0, 0.1) is 22.7 Å². The molecule has 3 aliphatic carbocycles. The maximum atomic E-state index is 10.2. The molecule has 1 unspecified atom stereocenters. The number of allylic oxidation sites excluding steroid dienone is 6. The number of nitriles is 2. The predicted octanol–water partition coefficient (Wildman–Crippen LogP) is 7.25. The largest absolute Gasteiger partial charge is 0.192 e. The highest BCUT2D eigenvalue weighted by atomic mass is 32.1. The first-order valence-electron chi connectivity index (χ1n) is 10.0. The summed E-state index contributed by atoms with van der Waals surface area (Å²) in [6.07, 6.45) is 0. The monoisotopic (exact) mass is 428 g/mol. The molecule has 3 aliphatic rings. The molecule has 4 aromatic rings. The van der Waals surface area contributed by atoms with E-state index in [-0.39, 0.29) is 5.92 Å². The fourth-order valence-electron chi connectivity index (χ4n) is 5.45. The van der Waals surface area contributed by atoms with Crippen molar-refractivity contribution in [2.24, 2.45) is 0 Å². The van der Waals surface area contributed by atoms with Crippen LogP contribution >= 0.6 is 22.7 Å². The summed E-state index contributed by atoms with van der Waals surface area (Å²) in [6.45, 7) is 0. The Labute approximate surface area is 186 Å². The van der Waals surface area contributed by atoms with Crippen LogP contribution in [0.3, 0.4) is 0 Å². The smallest absolute Gasteiger partial charge is 0.100 e. The molecule has 7 rings (SSSR count). The second-order valence-electron chi connectivity index (χ2n) is 7.87. The summed E-state index contributed by atoms with van der Waals surface area (Å²) in [5, 5.41) is 26.9. The Bertz CT molecular complexity index is 1630. The Hall–Kier alpha value is -3.70. The van der Waals surface area contributed by atoms with Gasteiger partial charge in [-0.15, -0.1) is 22.7 Å². The zero-order valence-electron chi connectivity index (χ0n) is 16.1. The lowest BCUT2D eigenvalue weighted by atomic mass is 9.62. The highest BCUT2D eigenvalue weighted by molar-refractivity contribution is 7.11. The van der Waals surface area contributed by atoms with E-state index in [2.05, 4.69) is 60.0 Å². The number of fused-ring (bicyclic) bond motifs is 2. The van der Waals surface area contributed by atoms with Crippen LogP contribution in [0.4, 0.5) is 0 Å². The van der Waals surface area contributed by atoms with Gasteiger partial charge in [-0.25, -0.2) is 0 Å². The Morgan fingerprint density at radius 2 is 1.48 bits per heavy atom. The van der Waals surface area contributed by atoms with Gasteiger partial charge >= 0.3 is 0 Å². The summed E-state index contributed by atoms with van der Waals surface area (Å²) < 4.78 is 0. The van der Waals surface area contributed by atoms with Gasteiger partial charge in [0.1, 0.15) is 6.07 Å². The minimum Gasteiger partial charge on any atom is -0.192 e. The lowest BCUT2D eigenvalue weighted by Crippen LogP contribution is -2.23. The van der Waals surface area contributed by atoms with Crippen LogP contribution < -0.4 is 0 Å². The minimum atomic E-state index is 0.0720. The predicted molar refractivity (Wildman–Crippen MR) is 127 cm³/mol. The summed E-state index contributed by atoms with van der Waals surface area (Å²) in [4.78, 5) is 2.24. The van der Waals surface area contributed by atoms with Gasteiger partial charge in [-0.1, -0.05) is 42.5 Å². The van der Waals surface area contributed by atoms with Crippen LogP contribution in [0.25, 0.3) is 33.1 Å². The van der Waals surface area contributed by atoms with Gasteiger partial charge in [-0.3, -0.25) is 0 Å². The summed E-state index contributed by atoms with van der Waals surface area (Å²) in [5.74, 6) is 0.0720. The molecule has 2 heterocycles. The van der Waals surface area contributed by atoms with Gasteiger partial charge in [0.05, 0.1) is 17.2 Å². The van der Waals surface area contributed by atoms with Crippen LogP contribution in [-0.2, 0) is 0 Å². The molecule has 0 saturated heterocycles. The first-order valence-corrected chi connectivity index (χ1v) is 11.8. The molecule has 2 aromatic carbocycles. The Kier molecular flexibility index (Phi) is 3.26. The summed E-state index contributed by atoms with van der Waals surface area (Å²) in [7, 11) is 0. The molecule has 0 amide bonds. The molecule has 2 nitrogen and oxygen atoms in total. The van der Waals surface area contributed by atoms with Crippen LogP contribution in [0.1, 0.15) is 32.4 Å². The van der Waals surface area contributed by atoms with E-state index in [0.29, 0.717) is 0 Å². The molecule has 4 heteroatoms. The van der Waals surface area contributed by atoms with Crippen molar-refractivity contribution in [2.45, 2.75) is 5.92 Å². The van der Waals surface area contributed by atoms with Gasteiger partial charge in [0.25, 0.3) is 0 Å². The van der Waals surface area contributed by atoms with Gasteiger partial charge in [-0.2, -0.15) is 10.5 Å². The lowest BCUT2D eigenvalue weighted by molar-refractivity contribution is 0.976. The molecule has 142 valence electrons. The van der Waals surface area contributed by atoms with Crippen molar-refractivity contribution in [3.05, 3.63) is 103 Å². The van der Waals surface area contributed by atoms with E-state index in [9.17, 15) is 10.5 Å². The SMILES string of the molecule is N#CC1=C(c2cccs2)C2C1=C1C(c3cccs3)=C(C#N)c3ccc4cccc2c4c31. The molecule has 0 saturated carbocycles. The number of hydrogen-bond donors (Lipinski definition) is 0. The maximum Gasteiger partial charge on any atom is 0.100 e. The first kappa shape index (κ1) is 17.0. The standard InChI is InChI=1S/C27H12N2S2/c28-12-17-15-9-8-14-4-1-5-16-21(14)24(15)27(22(17)19-6-2-10-30-19)26-18(13-29)23(25(16)26)20-7-3-11-31-20/h1-11,25H. The fourth-order valence-corrected chi connectivity index (χ4v) is 7.04. The van der Waals surface area contributed by atoms with E-state index in [4.69, 9.17) is 0 Å². The van der Waals surface area contributed by atoms with Gasteiger partial charge < -0.3 is 0 Å². The summed E-state index contributed by atoms with van der Waals surface area (Å²) >= 11 is 3.33. The molecule has 1 atom stereocenters. The van der Waals surface area contributed by atoms with E-state index in [0.717, 1.165) is 54.3 Å². The summed E-state index contributed by atoms with van der Waals surface area (Å²) in [5.41, 5.74) is 9.18. The third kappa shape index (κ3) is 1.95. The first-order chi connectivity index (χ1) is 15.3. The van der Waals surface area contributed by atoms with E-state index >= 15 is 0 Å². The second-order valence-corrected chi connectivity index (χ2v) is 9.77. The maximum absolute atomic E-state index is 10.2. The van der Waals surface area contributed by atoms with Crippen molar-refractivity contribution in [1.82, 2.24) is 0 Å². The zero-order chi connectivity index (χ0) is 20.7. The Morgan fingerprint density at radius 1 is 0.710 bits per heavy atom. The second kappa shape index (κ2) is 5.93. The van der Waals surface area contributed by atoms with Crippen LogP contribution in [0.2, 0.25) is 0 Å². The molecular formula is C27H12N2S2. The third-order valence-electron chi connectivity index (χ3n) is 6.57. The quantitative estimate of drug-likeness (QED) is 0.337. The molecule has 31 heavy (non-hydrogen) atoms. The normalized spacial score (nSPS) is 18.2. The van der Waals surface area contributed by atoms with Crippen LogP contribution in [0.15, 0.2) is 76.5 Å². The fraction of sp³-hybridized carbons (Fsp3) is 0.0370. The van der Waals surface area contributed by atoms with E-state index < -0.39 is 0 Å². The highest BCUT2D eigenvalue weighted by Crippen LogP contribution is 2.65. The zero-order valence-corrected chi connectivity index (χ0v) is 17.8. The van der Waals surface area contributed by atoms with Crippen molar-refractivity contribution in [3.63, 3.8) is 0 Å². The van der Waals surface area contributed by atoms with Crippen molar-refractivity contribution in [2.75, 3.05) is 0 Å². The average Bonchev–Trinajstić information content (AvgIpc) is 3.53. The molecular weight excluding hydrogens is 416 g/mol. The topological polar surface area (TPSA) is 47.6 Å². The van der Waals surface area contributed by atoms with Crippen LogP contribution in [-0.4, -0.2) is 0 Å².